The van der Waals surface area contributed by atoms with Crippen molar-refractivity contribution in [2.24, 2.45) is 0 Å². The molecule has 9 aromatic carbocycles. The van der Waals surface area contributed by atoms with E-state index in [2.05, 4.69) is 240 Å². The number of hydrogen-bond donors (Lipinski definition) is 0. The van der Waals surface area contributed by atoms with Gasteiger partial charge in [-0.2, -0.15) is 0 Å². The van der Waals surface area contributed by atoms with E-state index in [1.807, 2.05) is 0 Å². The predicted octanol–water partition coefficient (Wildman–Crippen LogP) is 16.0. The summed E-state index contributed by atoms with van der Waals surface area (Å²) in [5, 5.41) is 2.65. The van der Waals surface area contributed by atoms with Gasteiger partial charge in [0.05, 0.1) is 16.4 Å². The van der Waals surface area contributed by atoms with Gasteiger partial charge in [0.15, 0.2) is 0 Å². The fourth-order valence-electron chi connectivity index (χ4n) is 11.3. The largest absolute Gasteiger partial charge is 0.311 e. The van der Waals surface area contributed by atoms with Gasteiger partial charge in [-0.1, -0.05) is 164 Å². The first-order valence-corrected chi connectivity index (χ1v) is 22.2. The summed E-state index contributed by atoms with van der Waals surface area (Å²) in [4.78, 5) is 2.33. The van der Waals surface area contributed by atoms with Gasteiger partial charge in [0, 0.05) is 33.5 Å². The molecule has 1 aromatic heterocycles. The van der Waals surface area contributed by atoms with Crippen molar-refractivity contribution in [3.8, 4) is 39.1 Å². The summed E-state index contributed by atoms with van der Waals surface area (Å²) in [6.45, 7) is 0. The maximum Gasteiger partial charge on any atom is 0.0722 e. The van der Waals surface area contributed by atoms with Crippen LogP contribution in [0.25, 0.3) is 66.4 Å². The summed E-state index contributed by atoms with van der Waals surface area (Å²) in [6.07, 6.45) is 6.94. The molecule has 3 aliphatic rings. The minimum absolute atomic E-state index is 0.439. The maximum absolute atomic E-state index is 2.52. The predicted molar refractivity (Wildman–Crippen MR) is 263 cm³/mol. The molecular weight excluding hydrogens is 761 g/mol. The van der Waals surface area contributed by atoms with E-state index in [-0.39, 0.29) is 0 Å². The van der Waals surface area contributed by atoms with Crippen LogP contribution in [0.2, 0.25) is 0 Å². The molecule has 0 amide bonds. The topological polar surface area (TPSA) is 8.17 Å². The molecule has 10 aromatic rings. The zero-order valence-electron chi connectivity index (χ0n) is 34.7. The van der Waals surface area contributed by atoms with E-state index < -0.39 is 5.41 Å². The van der Waals surface area contributed by atoms with Crippen LogP contribution in [-0.2, 0) is 5.41 Å². The summed E-state index contributed by atoms with van der Waals surface area (Å²) >= 11 is 0. The van der Waals surface area contributed by atoms with Crippen LogP contribution < -0.4 is 4.90 Å². The van der Waals surface area contributed by atoms with Gasteiger partial charge in [-0.05, 0) is 146 Å². The van der Waals surface area contributed by atoms with Crippen molar-refractivity contribution in [2.45, 2.75) is 18.3 Å². The van der Waals surface area contributed by atoms with E-state index in [4.69, 9.17) is 0 Å². The van der Waals surface area contributed by atoms with Crippen molar-refractivity contribution in [3.05, 3.63) is 258 Å². The summed E-state index contributed by atoms with van der Waals surface area (Å²) in [6, 6.07) is 80.5. The van der Waals surface area contributed by atoms with Crippen molar-refractivity contribution >= 4 is 44.4 Å². The van der Waals surface area contributed by atoms with Gasteiger partial charge in [0.1, 0.15) is 0 Å². The molecule has 13 rings (SSSR count). The smallest absolute Gasteiger partial charge is 0.0722 e. The lowest BCUT2D eigenvalue weighted by Crippen LogP contribution is -2.27. The zero-order chi connectivity index (χ0) is 41.5. The number of anilines is 3. The molecule has 0 fully saturated rings. The second-order valence-electron chi connectivity index (χ2n) is 17.1. The fraction of sp³-hybridized carbons (Fsp3) is 0.0492. The van der Waals surface area contributed by atoms with Crippen LogP contribution in [0, 0.1) is 0 Å². The lowest BCUT2D eigenvalue weighted by atomic mass is 9.68. The summed E-state index contributed by atoms with van der Waals surface area (Å²) < 4.78 is 2.50. The number of hydrogen-bond acceptors (Lipinski definition) is 1. The lowest BCUT2D eigenvalue weighted by molar-refractivity contribution is 0.781. The molecule has 0 saturated heterocycles. The molecule has 1 heterocycles. The molecule has 0 bridgehead atoms. The molecule has 1 atom stereocenters. The van der Waals surface area contributed by atoms with E-state index in [1.54, 1.807) is 0 Å². The van der Waals surface area contributed by atoms with Gasteiger partial charge in [-0.3, -0.25) is 0 Å². The molecule has 1 spiro atoms. The molecule has 0 saturated carbocycles. The number of para-hydroxylation sites is 3. The van der Waals surface area contributed by atoms with E-state index >= 15 is 0 Å². The summed E-state index contributed by atoms with van der Waals surface area (Å²) in [5.41, 5.74) is 22.6. The van der Waals surface area contributed by atoms with Crippen molar-refractivity contribution in [1.29, 1.82) is 0 Å². The number of aromatic nitrogens is 1. The van der Waals surface area contributed by atoms with Crippen LogP contribution >= 0.6 is 0 Å². The number of rotatable bonds is 6. The van der Waals surface area contributed by atoms with Crippen molar-refractivity contribution < 1.29 is 0 Å². The highest BCUT2D eigenvalue weighted by Crippen LogP contribution is 2.65. The van der Waals surface area contributed by atoms with Gasteiger partial charge in [0.25, 0.3) is 0 Å². The maximum atomic E-state index is 2.52. The van der Waals surface area contributed by atoms with Crippen LogP contribution in [0.15, 0.2) is 236 Å². The molecule has 63 heavy (non-hydrogen) atoms. The Kier molecular flexibility index (Phi) is 7.98. The molecule has 0 aliphatic heterocycles. The van der Waals surface area contributed by atoms with Gasteiger partial charge in [0.2, 0.25) is 0 Å². The number of benzene rings is 9. The van der Waals surface area contributed by atoms with Gasteiger partial charge in [-0.25, -0.2) is 0 Å². The minimum Gasteiger partial charge on any atom is -0.311 e. The molecule has 0 radical (unpaired) electrons. The van der Waals surface area contributed by atoms with E-state index in [0.717, 1.165) is 29.9 Å². The summed E-state index contributed by atoms with van der Waals surface area (Å²) in [7, 11) is 0. The Morgan fingerprint density at radius 1 is 0.429 bits per heavy atom. The quantitative estimate of drug-likeness (QED) is 0.163. The monoisotopic (exact) mass is 802 g/mol. The molecule has 3 aliphatic carbocycles. The Balaban J connectivity index is 1.01. The second-order valence-corrected chi connectivity index (χ2v) is 17.1. The van der Waals surface area contributed by atoms with Crippen LogP contribution in [0.3, 0.4) is 0 Å². The van der Waals surface area contributed by atoms with Gasteiger partial charge >= 0.3 is 0 Å². The minimum atomic E-state index is -0.439. The Morgan fingerprint density at radius 3 is 1.84 bits per heavy atom. The Hall–Kier alpha value is -7.94. The number of fused-ring (bicyclic) bond motifs is 13. The average molecular weight is 803 g/mol. The first-order valence-electron chi connectivity index (χ1n) is 22.2. The third-order valence-corrected chi connectivity index (χ3v) is 13.9. The van der Waals surface area contributed by atoms with Crippen LogP contribution in [0.4, 0.5) is 17.1 Å². The first-order chi connectivity index (χ1) is 31.3. The molecule has 2 heteroatoms. The fourth-order valence-corrected chi connectivity index (χ4v) is 11.3. The normalized spacial score (nSPS) is 15.7. The summed E-state index contributed by atoms with van der Waals surface area (Å²) in [5.74, 6) is 0. The van der Waals surface area contributed by atoms with Crippen LogP contribution in [0.1, 0.15) is 35.1 Å². The Bertz CT molecular complexity index is 3440. The molecular formula is C61H42N2. The standard InChI is InChI=1S/C61H42N2/c1-4-17-41(18-5-1)43-19-16-24-48(39-43)63-57-30-15-12-27-52(57)60-58(63)38-37-55-59(60)51-26-11-14-29-54(51)61(55)53-28-13-10-25-49(53)50-36-33-44(40-56(50)61)42-31-34-47(35-32-42)62(45-20-6-2-7-21-45)46-22-8-3-9-23-46/h1-10,12-25,27-40H,11,26H2. The van der Waals surface area contributed by atoms with E-state index in [0.29, 0.717) is 0 Å². The second kappa shape index (κ2) is 14.1. The molecule has 2 nitrogen and oxygen atoms in total. The highest BCUT2D eigenvalue weighted by Gasteiger charge is 2.53. The molecule has 1 unspecified atom stereocenters. The molecule has 296 valence electrons. The van der Waals surface area contributed by atoms with Crippen molar-refractivity contribution in [3.63, 3.8) is 0 Å². The lowest BCUT2D eigenvalue weighted by Gasteiger charge is -2.32. The van der Waals surface area contributed by atoms with Crippen molar-refractivity contribution in [1.82, 2.24) is 4.57 Å². The van der Waals surface area contributed by atoms with Crippen molar-refractivity contribution in [2.75, 3.05) is 4.90 Å². The van der Waals surface area contributed by atoms with Gasteiger partial charge < -0.3 is 9.47 Å². The number of nitrogens with zero attached hydrogens (tertiary/aromatic N) is 2. The van der Waals surface area contributed by atoms with Gasteiger partial charge in [-0.15, -0.1) is 0 Å². The zero-order valence-corrected chi connectivity index (χ0v) is 34.7. The SMILES string of the molecule is C1=CC2=C(CC1)c1c(ccc3c1c1ccccc1n3-c1cccc(-c3ccccc3)c1)C21c2ccccc2-c2ccc(-c3ccc(N(c4ccccc4)c4ccccc4)cc3)cc21. The third-order valence-electron chi connectivity index (χ3n) is 13.9. The Labute approximate surface area is 368 Å². The number of allylic oxidation sites excluding steroid dienone is 4. The van der Waals surface area contributed by atoms with Crippen LogP contribution in [-0.4, -0.2) is 4.57 Å². The highest BCUT2D eigenvalue weighted by atomic mass is 15.1. The van der Waals surface area contributed by atoms with Crippen LogP contribution in [0.5, 0.6) is 0 Å². The third kappa shape index (κ3) is 5.25. The molecule has 0 N–H and O–H groups in total. The highest BCUT2D eigenvalue weighted by molar-refractivity contribution is 6.17. The van der Waals surface area contributed by atoms with E-state index in [1.165, 1.54) is 94.3 Å². The Morgan fingerprint density at radius 2 is 1.05 bits per heavy atom. The first kappa shape index (κ1) is 35.8. The van der Waals surface area contributed by atoms with E-state index in [9.17, 15) is 0 Å². The average Bonchev–Trinajstić information content (AvgIpc) is 3.97.